The average Bonchev–Trinajstić information content (AvgIpc) is 3.28. The fraction of sp³-hybridized carbons (Fsp3) is 0.200. The van der Waals surface area contributed by atoms with Crippen LogP contribution in [-0.2, 0) is 6.42 Å². The maximum absolute atomic E-state index is 15.4. The minimum Gasteiger partial charge on any atom is -0.493 e. The molecule has 1 atom stereocenters. The lowest BCUT2D eigenvalue weighted by Gasteiger charge is -2.18. The van der Waals surface area contributed by atoms with Crippen LogP contribution in [0.2, 0.25) is 0 Å². The molecule has 2 heterocycles. The zero-order valence-electron chi connectivity index (χ0n) is 19.9. The zero-order chi connectivity index (χ0) is 25.8. The third-order valence-electron chi connectivity index (χ3n) is 5.72. The van der Waals surface area contributed by atoms with E-state index in [1.54, 1.807) is 36.4 Å². The molecule has 36 heavy (non-hydrogen) atoms. The summed E-state index contributed by atoms with van der Waals surface area (Å²) < 4.78 is 32.4. The molecule has 11 heteroatoms. The second kappa shape index (κ2) is 10.3. The van der Waals surface area contributed by atoms with Gasteiger partial charge in [-0.15, -0.1) is 5.10 Å². The number of nitrogens with one attached hydrogen (secondary N) is 2. The van der Waals surface area contributed by atoms with Gasteiger partial charge in [-0.3, -0.25) is 10.4 Å². The molecule has 4 aromatic rings. The Kier molecular flexibility index (Phi) is 7.00. The van der Waals surface area contributed by atoms with Crippen LogP contribution < -0.4 is 25.6 Å². The van der Waals surface area contributed by atoms with Crippen LogP contribution in [0.5, 0.6) is 17.2 Å². The Morgan fingerprint density at radius 2 is 1.75 bits per heavy atom. The van der Waals surface area contributed by atoms with Crippen molar-refractivity contribution in [1.82, 2.24) is 19.7 Å². The third-order valence-corrected chi connectivity index (χ3v) is 5.72. The molecule has 0 amide bonds. The summed E-state index contributed by atoms with van der Waals surface area (Å²) in [5.41, 5.74) is 6.63. The van der Waals surface area contributed by atoms with Crippen molar-refractivity contribution in [2.75, 3.05) is 21.3 Å². The van der Waals surface area contributed by atoms with Gasteiger partial charge in [0.25, 0.3) is 0 Å². The van der Waals surface area contributed by atoms with Gasteiger partial charge in [0.05, 0.1) is 27.2 Å². The van der Waals surface area contributed by atoms with E-state index in [0.717, 1.165) is 10.2 Å². The maximum atomic E-state index is 15.4. The Morgan fingerprint density at radius 1 is 1.08 bits per heavy atom. The van der Waals surface area contributed by atoms with Crippen molar-refractivity contribution >= 4 is 5.84 Å². The summed E-state index contributed by atoms with van der Waals surface area (Å²) >= 11 is 0. The van der Waals surface area contributed by atoms with Crippen molar-refractivity contribution in [1.29, 1.82) is 5.41 Å². The number of nitrogens with zero attached hydrogens (tertiary/aromatic N) is 3. The van der Waals surface area contributed by atoms with Crippen LogP contribution in [0.3, 0.4) is 0 Å². The fourth-order valence-electron chi connectivity index (χ4n) is 3.89. The number of rotatable bonds is 9. The largest absolute Gasteiger partial charge is 0.493 e. The van der Waals surface area contributed by atoms with Crippen molar-refractivity contribution in [3.8, 4) is 23.1 Å². The molecule has 0 aliphatic carbocycles. The normalized spacial score (nSPS) is 11.7. The number of aromatic amines is 1. The molecule has 0 aliphatic rings. The van der Waals surface area contributed by atoms with Gasteiger partial charge in [-0.1, -0.05) is 24.3 Å². The third kappa shape index (κ3) is 4.76. The molecular weight excluding hydrogens is 467 g/mol. The lowest BCUT2D eigenvalue weighted by molar-refractivity contribution is 0.351. The predicted octanol–water partition coefficient (Wildman–Crippen LogP) is 2.78. The van der Waals surface area contributed by atoms with Gasteiger partial charge >= 0.3 is 5.69 Å². The Morgan fingerprint density at radius 3 is 2.39 bits per heavy atom. The molecule has 186 valence electrons. The van der Waals surface area contributed by atoms with E-state index in [1.165, 1.54) is 39.7 Å². The van der Waals surface area contributed by atoms with Crippen molar-refractivity contribution in [3.63, 3.8) is 0 Å². The standard InChI is InChI=1S/C25H25FN6O4/c1-34-19-5-4-10-29-24(19)32-25(33)30-23(31-32)17(11-14-6-8-15(9-7-14)22(27)28)16-12-20(35-2)21(36-3)13-18(16)26/h4-10,12-13,17H,11H2,1-3H3,(H3,27,28)(H,30,31,33). The molecule has 0 saturated carbocycles. The summed E-state index contributed by atoms with van der Waals surface area (Å²) in [6.07, 6.45) is 1.79. The second-order valence-corrected chi connectivity index (χ2v) is 7.85. The van der Waals surface area contributed by atoms with Gasteiger partial charge in [-0.05, 0) is 30.2 Å². The quantitative estimate of drug-likeness (QED) is 0.241. The molecule has 0 fully saturated rings. The minimum atomic E-state index is -0.711. The molecule has 4 N–H and O–H groups in total. The number of H-pyrrole nitrogens is 1. The van der Waals surface area contributed by atoms with E-state index in [4.69, 9.17) is 25.4 Å². The van der Waals surface area contributed by atoms with Crippen LogP contribution in [-0.4, -0.2) is 46.9 Å². The van der Waals surface area contributed by atoms with Gasteiger partial charge in [-0.2, -0.15) is 4.68 Å². The van der Waals surface area contributed by atoms with E-state index in [0.29, 0.717) is 17.1 Å². The maximum Gasteiger partial charge on any atom is 0.349 e. The molecule has 0 radical (unpaired) electrons. The number of pyridine rings is 1. The molecule has 10 nitrogen and oxygen atoms in total. The number of hydrogen-bond donors (Lipinski definition) is 3. The summed E-state index contributed by atoms with van der Waals surface area (Å²) in [6.45, 7) is 0. The number of methoxy groups -OCH3 is 3. The highest BCUT2D eigenvalue weighted by atomic mass is 19.1. The number of ether oxygens (including phenoxy) is 3. The van der Waals surface area contributed by atoms with E-state index < -0.39 is 17.4 Å². The molecule has 0 saturated heterocycles. The van der Waals surface area contributed by atoms with Gasteiger partial charge in [0.15, 0.2) is 17.2 Å². The summed E-state index contributed by atoms with van der Waals surface area (Å²) in [5, 5.41) is 12.1. The van der Waals surface area contributed by atoms with Crippen LogP contribution in [0.4, 0.5) is 4.39 Å². The molecule has 2 aromatic heterocycles. The summed E-state index contributed by atoms with van der Waals surface area (Å²) in [7, 11) is 4.34. The minimum absolute atomic E-state index is 0.0589. The number of benzene rings is 2. The van der Waals surface area contributed by atoms with E-state index in [-0.39, 0.29) is 35.2 Å². The van der Waals surface area contributed by atoms with Gasteiger partial charge in [0.1, 0.15) is 17.5 Å². The first-order valence-corrected chi connectivity index (χ1v) is 10.9. The van der Waals surface area contributed by atoms with E-state index in [1.807, 2.05) is 0 Å². The first kappa shape index (κ1) is 24.5. The molecule has 0 aliphatic heterocycles. The molecular formula is C25H25FN6O4. The number of nitrogen functional groups attached to an aromatic ring is 1. The second-order valence-electron chi connectivity index (χ2n) is 7.85. The molecule has 4 rings (SSSR count). The number of amidine groups is 1. The lowest BCUT2D eigenvalue weighted by Crippen LogP contribution is -2.17. The first-order valence-electron chi connectivity index (χ1n) is 10.9. The van der Waals surface area contributed by atoms with Gasteiger partial charge in [-0.25, -0.2) is 14.2 Å². The van der Waals surface area contributed by atoms with Crippen molar-refractivity contribution in [3.05, 3.63) is 93.5 Å². The Labute approximate surface area is 206 Å². The highest BCUT2D eigenvalue weighted by Gasteiger charge is 2.26. The number of nitrogens with two attached hydrogens (primary N) is 1. The van der Waals surface area contributed by atoms with E-state index >= 15 is 4.39 Å². The smallest absolute Gasteiger partial charge is 0.349 e. The van der Waals surface area contributed by atoms with Crippen LogP contribution >= 0.6 is 0 Å². The topological polar surface area (TPSA) is 141 Å². The zero-order valence-corrected chi connectivity index (χ0v) is 19.9. The Bertz CT molecular complexity index is 1450. The average molecular weight is 493 g/mol. The molecule has 2 aromatic carbocycles. The Balaban J connectivity index is 1.85. The highest BCUT2D eigenvalue weighted by Crippen LogP contribution is 2.36. The number of hydrogen-bond acceptors (Lipinski definition) is 7. The van der Waals surface area contributed by atoms with E-state index in [9.17, 15) is 4.79 Å². The predicted molar refractivity (Wildman–Crippen MR) is 131 cm³/mol. The molecule has 1 unspecified atom stereocenters. The van der Waals surface area contributed by atoms with Gasteiger partial charge in [0.2, 0.25) is 5.82 Å². The summed E-state index contributed by atoms with van der Waals surface area (Å²) in [6, 6.07) is 13.1. The summed E-state index contributed by atoms with van der Waals surface area (Å²) in [4.78, 5) is 19.9. The monoisotopic (exact) mass is 492 g/mol. The lowest BCUT2D eigenvalue weighted by atomic mass is 9.90. The fourth-order valence-corrected chi connectivity index (χ4v) is 3.89. The number of aromatic nitrogens is 4. The summed E-state index contributed by atoms with van der Waals surface area (Å²) in [5.74, 6) is 0.0158. The number of halogens is 1. The van der Waals surface area contributed by atoms with Crippen molar-refractivity contribution < 1.29 is 18.6 Å². The Hall–Kier alpha value is -4.67. The van der Waals surface area contributed by atoms with Gasteiger partial charge in [0, 0.05) is 23.4 Å². The SMILES string of the molecule is COc1cc(F)c(C(Cc2ccc(C(=N)N)cc2)c2nn(-c3ncccc3OC)c(=O)[nH]2)cc1OC. The van der Waals surface area contributed by atoms with Crippen molar-refractivity contribution in [2.45, 2.75) is 12.3 Å². The first-order chi connectivity index (χ1) is 17.4. The van der Waals surface area contributed by atoms with Gasteiger partial charge < -0.3 is 19.9 Å². The molecule has 0 bridgehead atoms. The van der Waals surface area contributed by atoms with Crippen molar-refractivity contribution in [2.24, 2.45) is 5.73 Å². The van der Waals surface area contributed by atoms with Crippen LogP contribution in [0.15, 0.2) is 59.5 Å². The highest BCUT2D eigenvalue weighted by molar-refractivity contribution is 5.94. The molecule has 0 spiro atoms. The van der Waals surface area contributed by atoms with E-state index in [2.05, 4.69) is 15.1 Å². The van der Waals surface area contributed by atoms with Crippen LogP contribution in [0.1, 0.15) is 28.4 Å². The van der Waals surface area contributed by atoms with Crippen LogP contribution in [0.25, 0.3) is 5.82 Å². The van der Waals surface area contributed by atoms with Crippen LogP contribution in [0, 0.1) is 11.2 Å².